The topological polar surface area (TPSA) is 67.7 Å². The first-order valence-electron chi connectivity index (χ1n) is 11.4. The van der Waals surface area contributed by atoms with Crippen LogP contribution in [0.4, 0.5) is 31.1 Å². The Kier molecular flexibility index (Phi) is 6.00. The average Bonchev–Trinajstić information content (AvgIpc) is 3.21. The lowest BCUT2D eigenvalue weighted by molar-refractivity contribution is -0.143. The molecule has 2 fully saturated rings. The first-order valence-corrected chi connectivity index (χ1v) is 11.4. The van der Waals surface area contributed by atoms with Crippen LogP contribution in [0.5, 0.6) is 0 Å². The number of piperidine rings is 1. The van der Waals surface area contributed by atoms with Crippen molar-refractivity contribution in [2.45, 2.75) is 38.5 Å². The Bertz CT molecular complexity index is 1150. The molecular weight excluding hydrogens is 494 g/mol. The Morgan fingerprint density at radius 2 is 1.58 bits per heavy atom. The van der Waals surface area contributed by atoms with Gasteiger partial charge in [-0.2, -0.15) is 31.4 Å². The number of ether oxygens (including phenoxy) is 1. The maximum absolute atomic E-state index is 13.0. The maximum Gasteiger partial charge on any atom is 0.416 e. The van der Waals surface area contributed by atoms with Crippen molar-refractivity contribution >= 4 is 11.9 Å². The van der Waals surface area contributed by atoms with Gasteiger partial charge in [-0.1, -0.05) is 0 Å². The van der Waals surface area contributed by atoms with Gasteiger partial charge < -0.3 is 9.64 Å². The zero-order chi connectivity index (χ0) is 25.8. The van der Waals surface area contributed by atoms with Gasteiger partial charge in [-0.15, -0.1) is 0 Å². The average molecular weight is 516 g/mol. The van der Waals surface area contributed by atoms with Crippen LogP contribution in [0.2, 0.25) is 0 Å². The summed E-state index contributed by atoms with van der Waals surface area (Å²) in [6.45, 7) is 1.83. The highest BCUT2D eigenvalue weighted by Gasteiger charge is 2.45. The summed E-state index contributed by atoms with van der Waals surface area (Å²) in [5.74, 6) is 1.28. The van der Waals surface area contributed by atoms with E-state index in [-0.39, 0.29) is 38.0 Å². The van der Waals surface area contributed by atoms with E-state index in [0.29, 0.717) is 35.4 Å². The predicted molar refractivity (Wildman–Crippen MR) is 112 cm³/mol. The van der Waals surface area contributed by atoms with E-state index in [9.17, 15) is 35.9 Å². The molecule has 7 nitrogen and oxygen atoms in total. The highest BCUT2D eigenvalue weighted by atomic mass is 19.4. The molecule has 1 aromatic heterocycles. The molecular formula is C23H22F6N4O3. The number of alkyl halides is 6. The number of amides is 1. The molecule has 3 aliphatic rings. The molecule has 3 heterocycles. The second kappa shape index (κ2) is 8.79. The summed E-state index contributed by atoms with van der Waals surface area (Å²) in [4.78, 5) is 28.5. The largest absolute Gasteiger partial charge is 0.445 e. The van der Waals surface area contributed by atoms with E-state index in [1.807, 2.05) is 0 Å². The third-order valence-electron chi connectivity index (χ3n) is 6.77. The molecule has 0 radical (unpaired) electrons. The van der Waals surface area contributed by atoms with Crippen molar-refractivity contribution < 1.29 is 40.7 Å². The van der Waals surface area contributed by atoms with Gasteiger partial charge in [0.15, 0.2) is 5.78 Å². The molecule has 5 rings (SSSR count). The van der Waals surface area contributed by atoms with Gasteiger partial charge >= 0.3 is 18.4 Å². The van der Waals surface area contributed by atoms with Crippen molar-refractivity contribution in [2.75, 3.05) is 26.2 Å². The monoisotopic (exact) mass is 516 g/mol. The molecule has 0 bridgehead atoms. The van der Waals surface area contributed by atoms with Crippen LogP contribution < -0.4 is 0 Å². The molecule has 1 saturated carbocycles. The number of nitrogens with zero attached hydrogens (tertiary/aromatic N) is 4. The number of carbonyl (C=O) groups excluding carboxylic acids is 2. The molecule has 2 atom stereocenters. The SMILES string of the molecule is O=C(CN1CC2CC2C1)c1cc2n(n1)CCN(C(=O)OCc1cc(C(F)(F)F)cc(C(F)(F)F)c1)C2. The van der Waals surface area contributed by atoms with Gasteiger partial charge in [0.25, 0.3) is 0 Å². The number of rotatable bonds is 5. The number of fused-ring (bicyclic) bond motifs is 2. The Morgan fingerprint density at radius 3 is 2.19 bits per heavy atom. The van der Waals surface area contributed by atoms with Crippen LogP contribution in [0.25, 0.3) is 0 Å². The Morgan fingerprint density at radius 1 is 0.944 bits per heavy atom. The van der Waals surface area contributed by atoms with Crippen molar-refractivity contribution in [3.05, 3.63) is 52.3 Å². The fourth-order valence-electron chi connectivity index (χ4n) is 4.81. The summed E-state index contributed by atoms with van der Waals surface area (Å²) in [5, 5.41) is 4.32. The lowest BCUT2D eigenvalue weighted by Crippen LogP contribution is -2.38. The van der Waals surface area contributed by atoms with E-state index in [2.05, 4.69) is 10.00 Å². The Labute approximate surface area is 201 Å². The number of likely N-dealkylation sites (tertiary alicyclic amines) is 1. The molecule has 36 heavy (non-hydrogen) atoms. The summed E-state index contributed by atoms with van der Waals surface area (Å²) >= 11 is 0. The summed E-state index contributed by atoms with van der Waals surface area (Å²) in [6, 6.07) is 2.66. The third kappa shape index (κ3) is 5.20. The van der Waals surface area contributed by atoms with E-state index in [0.717, 1.165) is 13.1 Å². The summed E-state index contributed by atoms with van der Waals surface area (Å²) in [5.41, 5.74) is -2.50. The van der Waals surface area contributed by atoms with Crippen LogP contribution in [0.3, 0.4) is 0 Å². The van der Waals surface area contributed by atoms with Crippen LogP contribution in [0, 0.1) is 11.8 Å². The van der Waals surface area contributed by atoms with Gasteiger partial charge in [0.1, 0.15) is 12.3 Å². The minimum absolute atomic E-state index is 0.0163. The number of hydrogen-bond acceptors (Lipinski definition) is 5. The molecule has 2 aromatic rings. The second-order valence-corrected chi connectivity index (χ2v) is 9.51. The highest BCUT2D eigenvalue weighted by molar-refractivity contribution is 5.96. The Balaban J connectivity index is 1.20. The molecule has 2 aliphatic heterocycles. The number of hydrogen-bond donors (Lipinski definition) is 0. The van der Waals surface area contributed by atoms with Crippen molar-refractivity contribution in [1.29, 1.82) is 0 Å². The molecule has 194 valence electrons. The third-order valence-corrected chi connectivity index (χ3v) is 6.77. The number of aromatic nitrogens is 2. The first-order chi connectivity index (χ1) is 16.9. The molecule has 1 aromatic carbocycles. The predicted octanol–water partition coefficient (Wildman–Crippen LogP) is 4.21. The fourth-order valence-corrected chi connectivity index (χ4v) is 4.81. The van der Waals surface area contributed by atoms with Gasteiger partial charge in [-0.3, -0.25) is 14.4 Å². The van der Waals surface area contributed by atoms with Gasteiger partial charge in [-0.05, 0) is 48.1 Å². The number of ketones is 1. The minimum Gasteiger partial charge on any atom is -0.445 e. The summed E-state index contributed by atoms with van der Waals surface area (Å²) in [6.07, 6.45) is -9.64. The molecule has 2 unspecified atom stereocenters. The van der Waals surface area contributed by atoms with E-state index in [4.69, 9.17) is 4.74 Å². The van der Waals surface area contributed by atoms with Crippen LogP contribution >= 0.6 is 0 Å². The van der Waals surface area contributed by atoms with Crippen molar-refractivity contribution in [2.24, 2.45) is 11.8 Å². The number of carbonyl (C=O) groups is 2. The minimum atomic E-state index is -4.99. The fraction of sp³-hybridized carbons (Fsp3) is 0.522. The van der Waals surface area contributed by atoms with Crippen LogP contribution in [0.1, 0.15) is 39.3 Å². The number of benzene rings is 1. The van der Waals surface area contributed by atoms with Gasteiger partial charge in [0, 0.05) is 19.6 Å². The second-order valence-electron chi connectivity index (χ2n) is 9.51. The summed E-state index contributed by atoms with van der Waals surface area (Å²) in [7, 11) is 0. The number of halogens is 6. The normalized spacial score (nSPS) is 21.8. The van der Waals surface area contributed by atoms with Crippen LogP contribution in [-0.4, -0.2) is 57.6 Å². The van der Waals surface area contributed by atoms with E-state index in [1.54, 1.807) is 10.7 Å². The molecule has 1 aliphatic carbocycles. The first kappa shape index (κ1) is 24.6. The van der Waals surface area contributed by atoms with Gasteiger partial charge in [0.2, 0.25) is 0 Å². The van der Waals surface area contributed by atoms with Crippen molar-refractivity contribution in [3.63, 3.8) is 0 Å². The van der Waals surface area contributed by atoms with E-state index >= 15 is 0 Å². The van der Waals surface area contributed by atoms with Crippen molar-refractivity contribution in [3.8, 4) is 0 Å². The lowest BCUT2D eigenvalue weighted by atomic mass is 10.1. The molecule has 0 N–H and O–H groups in total. The number of Topliss-reactive ketones (excluding diaryl/α,β-unsaturated/α-hetero) is 1. The Hall–Kier alpha value is -3.09. The van der Waals surface area contributed by atoms with Gasteiger partial charge in [-0.25, -0.2) is 4.79 Å². The van der Waals surface area contributed by atoms with E-state index in [1.165, 1.54) is 11.3 Å². The molecule has 0 spiro atoms. The maximum atomic E-state index is 13.0. The quantitative estimate of drug-likeness (QED) is 0.440. The summed E-state index contributed by atoms with van der Waals surface area (Å²) < 4.78 is 84.9. The lowest BCUT2D eigenvalue weighted by Gasteiger charge is -2.27. The van der Waals surface area contributed by atoms with Crippen LogP contribution in [0.15, 0.2) is 24.3 Å². The highest BCUT2D eigenvalue weighted by Crippen LogP contribution is 2.44. The standard InChI is InChI=1S/C23H22F6N4O3/c24-22(25,26)16-3-13(4-17(6-16)23(27,28)29)12-36-21(35)32-1-2-33-18(10-32)7-19(30-33)20(34)11-31-8-14-5-15(14)9-31/h3-4,6-7,14-15H,1-2,5,8-12H2. The smallest absolute Gasteiger partial charge is 0.416 e. The zero-order valence-electron chi connectivity index (χ0n) is 18.9. The molecule has 1 amide bonds. The zero-order valence-corrected chi connectivity index (χ0v) is 18.9. The van der Waals surface area contributed by atoms with Crippen LogP contribution in [-0.2, 0) is 36.8 Å². The molecule has 13 heteroatoms. The molecule has 1 saturated heterocycles. The van der Waals surface area contributed by atoms with Gasteiger partial charge in [0.05, 0.1) is 36.5 Å². The van der Waals surface area contributed by atoms with Crippen molar-refractivity contribution in [1.82, 2.24) is 19.6 Å². The van der Waals surface area contributed by atoms with E-state index < -0.39 is 41.7 Å².